The summed E-state index contributed by atoms with van der Waals surface area (Å²) in [6.45, 7) is 5.33. The van der Waals surface area contributed by atoms with Crippen LogP contribution in [0.5, 0.6) is 5.75 Å². The fourth-order valence-corrected chi connectivity index (χ4v) is 9.47. The maximum atomic E-state index is 16.3. The minimum absolute atomic E-state index is 0.0238. The average Bonchev–Trinajstić information content (AvgIpc) is 3.77. The predicted octanol–water partition coefficient (Wildman–Crippen LogP) is 6.23. The van der Waals surface area contributed by atoms with E-state index >= 15 is 14.4 Å². The fraction of sp³-hybridized carbons (Fsp3) is 0.255. The molecule has 0 aromatic heterocycles. The van der Waals surface area contributed by atoms with Gasteiger partial charge in [-0.1, -0.05) is 121 Å². The minimum atomic E-state index is -1.97. The largest absolute Gasteiger partial charge is 0.491 e. The molecule has 3 aliphatic heterocycles. The first-order chi connectivity index (χ1) is 30.7. The lowest BCUT2D eigenvalue weighted by atomic mass is 9.65. The number of carbonyl (C=O) groups excluding carboxylic acids is 4. The van der Waals surface area contributed by atoms with Crippen molar-refractivity contribution in [3.63, 3.8) is 0 Å². The summed E-state index contributed by atoms with van der Waals surface area (Å²) in [5.41, 5.74) is 1.87. The van der Waals surface area contributed by atoms with E-state index < -0.39 is 65.4 Å². The van der Waals surface area contributed by atoms with Crippen LogP contribution in [-0.2, 0) is 24.5 Å². The molecule has 12 nitrogen and oxygen atoms in total. The lowest BCUT2D eigenvalue weighted by Crippen LogP contribution is -2.56. The van der Waals surface area contributed by atoms with Gasteiger partial charge in [-0.05, 0) is 65.1 Å². The number of cyclic esters (lactones) is 1. The molecule has 2 fully saturated rings. The highest BCUT2D eigenvalue weighted by Crippen LogP contribution is 2.66. The van der Waals surface area contributed by atoms with Gasteiger partial charge in [0, 0.05) is 18.5 Å². The van der Waals surface area contributed by atoms with Crippen molar-refractivity contribution in [3.05, 3.63) is 179 Å². The zero-order valence-corrected chi connectivity index (χ0v) is 34.7. The molecule has 2 saturated heterocycles. The van der Waals surface area contributed by atoms with Gasteiger partial charge in [0.15, 0.2) is 0 Å². The predicted molar refractivity (Wildman–Crippen MR) is 236 cm³/mol. The number of morpholine rings is 1. The molecule has 5 aromatic rings. The topological polar surface area (TPSA) is 158 Å². The van der Waals surface area contributed by atoms with Gasteiger partial charge in [-0.3, -0.25) is 19.3 Å². The van der Waals surface area contributed by atoms with Crippen molar-refractivity contribution in [1.29, 1.82) is 0 Å². The zero-order valence-electron chi connectivity index (χ0n) is 34.7. The molecule has 5 aromatic carbocycles. The van der Waals surface area contributed by atoms with Crippen molar-refractivity contribution in [2.24, 2.45) is 5.92 Å². The van der Waals surface area contributed by atoms with Crippen molar-refractivity contribution in [3.8, 4) is 17.6 Å². The highest BCUT2D eigenvalue weighted by atomic mass is 16.6. The second kappa shape index (κ2) is 18.5. The molecule has 0 bridgehead atoms. The highest BCUT2D eigenvalue weighted by Gasteiger charge is 2.75. The Kier molecular flexibility index (Phi) is 12.5. The van der Waals surface area contributed by atoms with Crippen LogP contribution < -0.4 is 20.3 Å². The molecule has 320 valence electrons. The van der Waals surface area contributed by atoms with Crippen LogP contribution in [0.4, 0.5) is 10.5 Å². The number of fused-ring (bicyclic) bond motifs is 3. The molecular formula is C51H48N4O8. The average molecular weight is 845 g/mol. The van der Waals surface area contributed by atoms with Gasteiger partial charge in [0.25, 0.3) is 0 Å². The zero-order chi connectivity index (χ0) is 44.1. The normalized spacial score (nSPS) is 22.8. The maximum absolute atomic E-state index is 16.3. The first-order valence-corrected chi connectivity index (χ1v) is 21.0. The first kappa shape index (κ1) is 42.6. The number of esters is 1. The number of aliphatic hydroxyl groups excluding tert-OH is 2. The molecule has 0 radical (unpaired) electrons. The van der Waals surface area contributed by atoms with Gasteiger partial charge in [0.2, 0.25) is 11.8 Å². The summed E-state index contributed by atoms with van der Waals surface area (Å²) < 4.78 is 12.3. The number of hydrogen-bond acceptors (Lipinski definition) is 9. The van der Waals surface area contributed by atoms with Gasteiger partial charge >= 0.3 is 12.0 Å². The van der Waals surface area contributed by atoms with Crippen LogP contribution in [0.2, 0.25) is 0 Å². The molecule has 1 spiro atoms. The SMILES string of the molecule is C=CCNC(=O)[C@@H]1[C@H]2C(=O)O[C@H](c3ccccc3)[C@H](c3ccccc3)N2[C@H](c2ccc(OCCO)cc2)[C@@]12C(=O)N(C(=O)N[C@H](C)c1ccccc1)c1ccc(C#CCCO)cc12. The molecule has 0 aliphatic carbocycles. The first-order valence-electron chi connectivity index (χ1n) is 21.0. The Morgan fingerprint density at radius 2 is 1.52 bits per heavy atom. The van der Waals surface area contributed by atoms with Gasteiger partial charge in [0.1, 0.15) is 29.9 Å². The molecule has 63 heavy (non-hydrogen) atoms. The number of urea groups is 1. The van der Waals surface area contributed by atoms with Crippen molar-refractivity contribution in [1.82, 2.24) is 15.5 Å². The molecule has 3 heterocycles. The Balaban J connectivity index is 1.43. The smallest absolute Gasteiger partial charge is 0.329 e. The summed E-state index contributed by atoms with van der Waals surface area (Å²) in [6, 6.07) is 35.8. The van der Waals surface area contributed by atoms with E-state index in [9.17, 15) is 15.0 Å². The molecule has 4 N–H and O–H groups in total. The van der Waals surface area contributed by atoms with Crippen molar-refractivity contribution < 1.29 is 38.9 Å². The van der Waals surface area contributed by atoms with Crippen LogP contribution in [0.3, 0.4) is 0 Å². The number of nitrogens with one attached hydrogen (secondary N) is 2. The summed E-state index contributed by atoms with van der Waals surface area (Å²) >= 11 is 0. The number of nitrogens with zero attached hydrogens (tertiary/aromatic N) is 2. The second-order valence-corrected chi connectivity index (χ2v) is 15.7. The number of amides is 4. The van der Waals surface area contributed by atoms with Gasteiger partial charge in [-0.25, -0.2) is 9.69 Å². The molecule has 0 saturated carbocycles. The Labute approximate surface area is 366 Å². The summed E-state index contributed by atoms with van der Waals surface area (Å²) in [5, 5.41) is 25.1. The van der Waals surface area contributed by atoms with E-state index in [4.69, 9.17) is 9.47 Å². The number of imide groups is 1. The minimum Gasteiger partial charge on any atom is -0.491 e. The Morgan fingerprint density at radius 1 is 0.857 bits per heavy atom. The number of ether oxygens (including phenoxy) is 2. The quantitative estimate of drug-likeness (QED) is 0.0650. The summed E-state index contributed by atoms with van der Waals surface area (Å²) in [6.07, 6.45) is 0.812. The molecule has 8 rings (SSSR count). The van der Waals surface area contributed by atoms with Crippen LogP contribution in [0.25, 0.3) is 0 Å². The van der Waals surface area contributed by atoms with Gasteiger partial charge < -0.3 is 30.3 Å². The van der Waals surface area contributed by atoms with E-state index in [1.807, 2.05) is 103 Å². The molecular weight excluding hydrogens is 797 g/mol. The number of aliphatic hydroxyl groups is 2. The number of hydrogen-bond donors (Lipinski definition) is 4. The van der Waals surface area contributed by atoms with E-state index in [-0.39, 0.29) is 38.5 Å². The lowest BCUT2D eigenvalue weighted by Gasteiger charge is -2.46. The molecule has 12 heteroatoms. The van der Waals surface area contributed by atoms with E-state index in [0.29, 0.717) is 28.0 Å². The van der Waals surface area contributed by atoms with Crippen molar-refractivity contribution in [2.45, 2.75) is 49.0 Å². The number of benzene rings is 5. The van der Waals surface area contributed by atoms with Crippen molar-refractivity contribution in [2.75, 3.05) is 31.3 Å². The summed E-state index contributed by atoms with van der Waals surface area (Å²) in [4.78, 5) is 64.6. The van der Waals surface area contributed by atoms with E-state index in [0.717, 1.165) is 16.0 Å². The van der Waals surface area contributed by atoms with Crippen LogP contribution in [0.15, 0.2) is 146 Å². The van der Waals surface area contributed by atoms with Crippen molar-refractivity contribution >= 4 is 29.5 Å². The third-order valence-electron chi connectivity index (χ3n) is 12.0. The Morgan fingerprint density at radius 3 is 2.17 bits per heavy atom. The lowest BCUT2D eigenvalue weighted by molar-refractivity contribution is -0.178. The fourth-order valence-electron chi connectivity index (χ4n) is 9.47. The van der Waals surface area contributed by atoms with E-state index in [1.54, 1.807) is 42.5 Å². The van der Waals surface area contributed by atoms with Gasteiger partial charge in [-0.2, -0.15) is 0 Å². The number of anilines is 1. The van der Waals surface area contributed by atoms with Crippen LogP contribution in [0, 0.1) is 17.8 Å². The Hall–Kier alpha value is -7.04. The van der Waals surface area contributed by atoms with E-state index in [1.165, 1.54) is 6.08 Å². The van der Waals surface area contributed by atoms with Crippen LogP contribution in [-0.4, -0.2) is 71.3 Å². The molecule has 0 unspecified atom stereocenters. The molecule has 4 amide bonds. The maximum Gasteiger partial charge on any atom is 0.329 e. The van der Waals surface area contributed by atoms with Crippen LogP contribution in [0.1, 0.15) is 71.0 Å². The third kappa shape index (κ3) is 7.76. The highest BCUT2D eigenvalue weighted by molar-refractivity contribution is 6.24. The summed E-state index contributed by atoms with van der Waals surface area (Å²) in [7, 11) is 0. The van der Waals surface area contributed by atoms with Gasteiger partial charge in [0.05, 0.1) is 42.9 Å². The van der Waals surface area contributed by atoms with Gasteiger partial charge in [-0.15, -0.1) is 6.58 Å². The molecule has 7 atom stereocenters. The number of rotatable bonds is 12. The standard InChI is InChI=1S/C51H48N4O8/c1-3-28-52-47(58)42-44-48(59)63-45(37-20-11-6-12-21-37)43(36-18-9-5-10-19-36)55(44)46(38-23-25-39(26-24-38)62-31-30-57)51(42)40-32-34(15-13-14-29-56)22-27-41(40)54(49(51)60)50(61)53-33(2)35-16-7-4-8-17-35/h3-12,16-27,32-33,42-46,56-57H,1,14,28-31H2,2H3,(H,52,58)(H,53,61)/t33-,42+,43+,44+,45-,46-,51+/m1/s1. The third-order valence-corrected chi connectivity index (χ3v) is 12.0. The van der Waals surface area contributed by atoms with Crippen LogP contribution >= 0.6 is 0 Å². The monoisotopic (exact) mass is 844 g/mol. The number of carbonyl (C=O) groups is 4. The summed E-state index contributed by atoms with van der Waals surface area (Å²) in [5.74, 6) is 2.99. The second-order valence-electron chi connectivity index (χ2n) is 15.7. The van der Waals surface area contributed by atoms with E-state index in [2.05, 4.69) is 29.1 Å². The molecule has 3 aliphatic rings. The Bertz CT molecular complexity index is 2540.